The molecule has 0 atom stereocenters. The number of amides is 1. The summed E-state index contributed by atoms with van der Waals surface area (Å²) >= 11 is 0. The Morgan fingerprint density at radius 2 is 1.87 bits per heavy atom. The van der Waals surface area contributed by atoms with Gasteiger partial charge in [-0.3, -0.25) is 9.59 Å². The minimum Gasteiger partial charge on any atom is -0.340 e. The Kier molecular flexibility index (Phi) is 5.79. The van der Waals surface area contributed by atoms with Gasteiger partial charge in [0.2, 0.25) is 5.89 Å². The first-order valence-corrected chi connectivity index (χ1v) is 10.4. The van der Waals surface area contributed by atoms with E-state index in [4.69, 9.17) is 4.52 Å². The molecule has 1 saturated heterocycles. The second-order valence-electron chi connectivity index (χ2n) is 7.85. The maximum atomic E-state index is 13.2. The third kappa shape index (κ3) is 4.20. The average molecular weight is 406 g/mol. The summed E-state index contributed by atoms with van der Waals surface area (Å²) in [6, 6.07) is 11.9. The second kappa shape index (κ2) is 8.65. The van der Waals surface area contributed by atoms with Crippen molar-refractivity contribution < 1.29 is 9.32 Å². The van der Waals surface area contributed by atoms with Gasteiger partial charge in [-0.2, -0.15) is 4.98 Å². The molecule has 0 N–H and O–H groups in total. The fourth-order valence-electron chi connectivity index (χ4n) is 3.98. The zero-order valence-corrected chi connectivity index (χ0v) is 17.4. The van der Waals surface area contributed by atoms with Gasteiger partial charge in [-0.15, -0.1) is 0 Å². The second-order valence-corrected chi connectivity index (χ2v) is 7.85. The minimum atomic E-state index is -0.216. The van der Waals surface area contributed by atoms with Crippen LogP contribution >= 0.6 is 0 Å². The number of hydrogen-bond donors (Lipinski definition) is 0. The third-order valence-corrected chi connectivity index (χ3v) is 5.76. The van der Waals surface area contributed by atoms with Gasteiger partial charge in [0, 0.05) is 38.7 Å². The number of aromatic nitrogens is 3. The first-order valence-electron chi connectivity index (χ1n) is 10.4. The molecule has 0 unspecified atom stereocenters. The van der Waals surface area contributed by atoms with Crippen molar-refractivity contribution in [2.45, 2.75) is 45.6 Å². The lowest BCUT2D eigenvalue weighted by atomic mass is 9.95. The summed E-state index contributed by atoms with van der Waals surface area (Å²) in [5.41, 5.74) is 1.94. The summed E-state index contributed by atoms with van der Waals surface area (Å²) < 4.78 is 6.72. The molecule has 0 radical (unpaired) electrons. The molecule has 3 aromatic rings. The van der Waals surface area contributed by atoms with Gasteiger partial charge in [0.05, 0.1) is 0 Å². The van der Waals surface area contributed by atoms with Crippen molar-refractivity contribution in [1.82, 2.24) is 19.6 Å². The van der Waals surface area contributed by atoms with Crippen molar-refractivity contribution in [2.75, 3.05) is 13.1 Å². The summed E-state index contributed by atoms with van der Waals surface area (Å²) in [7, 11) is 0. The highest BCUT2D eigenvalue weighted by atomic mass is 16.5. The molecule has 30 heavy (non-hydrogen) atoms. The van der Waals surface area contributed by atoms with Crippen LogP contribution in [0.3, 0.4) is 0 Å². The van der Waals surface area contributed by atoms with Crippen molar-refractivity contribution in [2.24, 2.45) is 0 Å². The molecule has 156 valence electrons. The highest BCUT2D eigenvalue weighted by Gasteiger charge is 2.29. The highest BCUT2D eigenvalue weighted by molar-refractivity contribution is 5.95. The van der Waals surface area contributed by atoms with Crippen molar-refractivity contribution in [3.8, 4) is 0 Å². The zero-order chi connectivity index (χ0) is 21.1. The summed E-state index contributed by atoms with van der Waals surface area (Å²) in [4.78, 5) is 32.3. The number of carbonyl (C=O) groups is 1. The van der Waals surface area contributed by atoms with E-state index in [0.29, 0.717) is 31.3 Å². The number of likely N-dealkylation sites (tertiary alicyclic amines) is 1. The minimum absolute atomic E-state index is 0.186. The SMILES string of the molecule is Cc1nc(C2CCN(C(=O)c3c(C)ccn(CCc4ccccc4)c3=O)CC2)no1. The van der Waals surface area contributed by atoms with E-state index in [-0.39, 0.29) is 22.9 Å². The van der Waals surface area contributed by atoms with E-state index in [1.807, 2.05) is 43.3 Å². The number of piperidine rings is 1. The summed E-state index contributed by atoms with van der Waals surface area (Å²) in [6.07, 6.45) is 4.05. The van der Waals surface area contributed by atoms with Crippen LogP contribution in [0.1, 0.15) is 52.0 Å². The van der Waals surface area contributed by atoms with Crippen LogP contribution in [-0.2, 0) is 13.0 Å². The lowest BCUT2D eigenvalue weighted by Gasteiger charge is -2.31. The number of aryl methyl sites for hydroxylation is 4. The Labute approximate surface area is 175 Å². The summed E-state index contributed by atoms with van der Waals surface area (Å²) in [5.74, 6) is 1.26. The van der Waals surface area contributed by atoms with Crippen LogP contribution in [0.15, 0.2) is 51.9 Å². The first-order chi connectivity index (χ1) is 14.5. The summed E-state index contributed by atoms with van der Waals surface area (Å²) in [5, 5.41) is 4.01. The van der Waals surface area contributed by atoms with Crippen molar-refractivity contribution in [3.05, 3.63) is 81.4 Å². The van der Waals surface area contributed by atoms with Crippen LogP contribution in [0, 0.1) is 13.8 Å². The van der Waals surface area contributed by atoms with E-state index in [9.17, 15) is 9.59 Å². The largest absolute Gasteiger partial charge is 0.340 e. The Balaban J connectivity index is 1.46. The van der Waals surface area contributed by atoms with E-state index < -0.39 is 0 Å². The van der Waals surface area contributed by atoms with E-state index in [1.54, 1.807) is 22.6 Å². The van der Waals surface area contributed by atoms with Crippen LogP contribution in [0.25, 0.3) is 0 Å². The molecule has 1 fully saturated rings. The maximum Gasteiger partial charge on any atom is 0.263 e. The lowest BCUT2D eigenvalue weighted by molar-refractivity contribution is 0.0707. The predicted octanol–water partition coefficient (Wildman–Crippen LogP) is 3.11. The van der Waals surface area contributed by atoms with Gasteiger partial charge in [0.25, 0.3) is 11.5 Å². The van der Waals surface area contributed by atoms with Crippen LogP contribution in [0.5, 0.6) is 0 Å². The molecule has 7 heteroatoms. The number of benzene rings is 1. The molecule has 0 spiro atoms. The van der Waals surface area contributed by atoms with Gasteiger partial charge in [-0.05, 0) is 43.4 Å². The third-order valence-electron chi connectivity index (χ3n) is 5.76. The van der Waals surface area contributed by atoms with Crippen LogP contribution in [-0.4, -0.2) is 38.6 Å². The molecule has 0 aliphatic carbocycles. The topological polar surface area (TPSA) is 81.2 Å². The molecule has 0 saturated carbocycles. The van der Waals surface area contributed by atoms with Crippen molar-refractivity contribution in [1.29, 1.82) is 0 Å². The van der Waals surface area contributed by atoms with Crippen LogP contribution < -0.4 is 5.56 Å². The zero-order valence-electron chi connectivity index (χ0n) is 17.4. The van der Waals surface area contributed by atoms with Gasteiger partial charge >= 0.3 is 0 Å². The van der Waals surface area contributed by atoms with Gasteiger partial charge < -0.3 is 14.0 Å². The molecular weight excluding hydrogens is 380 g/mol. The standard InChI is InChI=1S/C23H26N4O3/c1-16-8-12-26(13-9-18-6-4-3-5-7-18)22(28)20(16)23(29)27-14-10-19(11-15-27)21-24-17(2)30-25-21/h3-8,12,19H,9-11,13-15H2,1-2H3. The normalized spacial score (nSPS) is 14.8. The number of nitrogens with zero attached hydrogens (tertiary/aromatic N) is 4. The van der Waals surface area contributed by atoms with Gasteiger partial charge in [-0.25, -0.2) is 0 Å². The molecule has 2 aromatic heterocycles. The molecule has 1 aliphatic heterocycles. The van der Waals surface area contributed by atoms with Crippen LogP contribution in [0.4, 0.5) is 0 Å². The van der Waals surface area contributed by atoms with E-state index in [1.165, 1.54) is 0 Å². The molecule has 3 heterocycles. The van der Waals surface area contributed by atoms with E-state index >= 15 is 0 Å². The predicted molar refractivity (Wildman–Crippen MR) is 112 cm³/mol. The fraction of sp³-hybridized carbons (Fsp3) is 0.391. The van der Waals surface area contributed by atoms with Crippen molar-refractivity contribution >= 4 is 5.91 Å². The summed E-state index contributed by atoms with van der Waals surface area (Å²) in [6.45, 7) is 5.30. The number of rotatable bonds is 5. The Morgan fingerprint density at radius 3 is 2.53 bits per heavy atom. The molecular formula is C23H26N4O3. The maximum absolute atomic E-state index is 13.2. The van der Waals surface area contributed by atoms with Crippen molar-refractivity contribution in [3.63, 3.8) is 0 Å². The van der Waals surface area contributed by atoms with Gasteiger partial charge in [0.15, 0.2) is 5.82 Å². The monoisotopic (exact) mass is 406 g/mol. The van der Waals surface area contributed by atoms with E-state index in [0.717, 1.165) is 30.4 Å². The number of pyridine rings is 1. The Hall–Kier alpha value is -3.22. The lowest BCUT2D eigenvalue weighted by Crippen LogP contribution is -2.41. The Bertz CT molecular complexity index is 1080. The van der Waals surface area contributed by atoms with E-state index in [2.05, 4.69) is 10.1 Å². The van der Waals surface area contributed by atoms with Gasteiger partial charge in [0.1, 0.15) is 5.56 Å². The first kappa shape index (κ1) is 20.1. The molecule has 1 amide bonds. The van der Waals surface area contributed by atoms with Gasteiger partial charge in [-0.1, -0.05) is 35.5 Å². The number of carbonyl (C=O) groups excluding carboxylic acids is 1. The average Bonchev–Trinajstić information content (AvgIpc) is 3.20. The highest BCUT2D eigenvalue weighted by Crippen LogP contribution is 2.26. The molecule has 1 aromatic carbocycles. The number of hydrogen-bond acceptors (Lipinski definition) is 5. The molecule has 0 bridgehead atoms. The molecule has 4 rings (SSSR count). The quantitative estimate of drug-likeness (QED) is 0.650. The Morgan fingerprint density at radius 1 is 1.13 bits per heavy atom. The van der Waals surface area contributed by atoms with Crippen LogP contribution in [0.2, 0.25) is 0 Å². The molecule has 7 nitrogen and oxygen atoms in total. The fourth-order valence-corrected chi connectivity index (χ4v) is 3.98. The molecule has 1 aliphatic rings. The smallest absolute Gasteiger partial charge is 0.263 e.